The van der Waals surface area contributed by atoms with Crippen molar-refractivity contribution >= 4 is 21.9 Å². The van der Waals surface area contributed by atoms with Gasteiger partial charge in [0, 0.05) is 32.1 Å². The largest absolute Gasteiger partial charge is 0.465 e. The quantitative estimate of drug-likeness (QED) is 0.629. The molecular weight excluding hydrogens is 392 g/mol. The molecule has 0 spiro atoms. The summed E-state index contributed by atoms with van der Waals surface area (Å²) in [4.78, 5) is 26.5. The number of hydrogen-bond acceptors (Lipinski definition) is 5. The highest BCUT2D eigenvalue weighted by atomic mass is 32.2. The van der Waals surface area contributed by atoms with Gasteiger partial charge in [-0.25, -0.2) is 13.2 Å². The lowest BCUT2D eigenvalue weighted by Gasteiger charge is -2.35. The second-order valence-corrected chi connectivity index (χ2v) is 10.0. The number of carbonyl (C=O) groups is 2. The fourth-order valence-corrected chi connectivity index (χ4v) is 5.45. The number of benzene rings is 1. The molecule has 0 bridgehead atoms. The summed E-state index contributed by atoms with van der Waals surface area (Å²) in [5.74, 6) is -0.292. The number of sulfonamides is 1. The minimum atomic E-state index is -3.84. The summed E-state index contributed by atoms with van der Waals surface area (Å²) in [6, 6.07) is 6.20. The van der Waals surface area contributed by atoms with Crippen LogP contribution in [0.4, 0.5) is 0 Å². The summed E-state index contributed by atoms with van der Waals surface area (Å²) < 4.78 is 32.3. The minimum absolute atomic E-state index is 0.0236. The Morgan fingerprint density at radius 3 is 2.31 bits per heavy atom. The lowest BCUT2D eigenvalue weighted by Crippen LogP contribution is -2.45. The zero-order valence-electron chi connectivity index (χ0n) is 17.9. The molecule has 0 radical (unpaired) electrons. The van der Waals surface area contributed by atoms with Crippen LogP contribution in [0.1, 0.15) is 50.4 Å². The monoisotopic (exact) mass is 424 g/mol. The first-order valence-corrected chi connectivity index (χ1v) is 11.5. The van der Waals surface area contributed by atoms with Gasteiger partial charge in [-0.2, -0.15) is 4.31 Å². The van der Waals surface area contributed by atoms with Crippen LogP contribution in [0, 0.1) is 11.8 Å². The highest BCUT2D eigenvalue weighted by molar-refractivity contribution is 7.89. The molecule has 7 nitrogen and oxygen atoms in total. The molecule has 0 N–H and O–H groups in total. The van der Waals surface area contributed by atoms with E-state index < -0.39 is 16.0 Å². The van der Waals surface area contributed by atoms with Gasteiger partial charge in [-0.3, -0.25) is 4.79 Å². The number of rotatable bonds is 7. The Bertz CT molecular complexity index is 829. The van der Waals surface area contributed by atoms with Crippen LogP contribution in [0.25, 0.3) is 0 Å². The second kappa shape index (κ2) is 9.71. The van der Waals surface area contributed by atoms with E-state index in [4.69, 9.17) is 4.74 Å². The Morgan fingerprint density at radius 2 is 1.76 bits per heavy atom. The van der Waals surface area contributed by atoms with Gasteiger partial charge in [-0.1, -0.05) is 26.0 Å². The zero-order chi connectivity index (χ0) is 21.8. The van der Waals surface area contributed by atoms with Gasteiger partial charge < -0.3 is 9.64 Å². The van der Waals surface area contributed by atoms with Crippen LogP contribution in [0.15, 0.2) is 29.2 Å². The van der Waals surface area contributed by atoms with Gasteiger partial charge in [0.2, 0.25) is 15.9 Å². The van der Waals surface area contributed by atoms with Crippen LogP contribution in [0.5, 0.6) is 0 Å². The average Bonchev–Trinajstić information content (AvgIpc) is 2.71. The molecule has 1 atom stereocenters. The molecule has 0 saturated carbocycles. The predicted octanol–water partition coefficient (Wildman–Crippen LogP) is 2.77. The number of methoxy groups -OCH3 is 1. The molecule has 1 aliphatic rings. The Hall–Kier alpha value is -1.93. The van der Waals surface area contributed by atoms with Gasteiger partial charge >= 0.3 is 5.97 Å². The van der Waals surface area contributed by atoms with E-state index in [9.17, 15) is 18.0 Å². The highest BCUT2D eigenvalue weighted by Crippen LogP contribution is 2.27. The zero-order valence-corrected chi connectivity index (χ0v) is 18.7. The Balaban J connectivity index is 2.09. The lowest BCUT2D eigenvalue weighted by atomic mass is 9.95. The number of nitrogens with zero attached hydrogens (tertiary/aromatic N) is 2. The molecule has 1 aromatic carbocycles. The van der Waals surface area contributed by atoms with E-state index in [1.54, 1.807) is 17.0 Å². The third kappa shape index (κ3) is 5.36. The van der Waals surface area contributed by atoms with Gasteiger partial charge in [0.05, 0.1) is 17.6 Å². The lowest BCUT2D eigenvalue weighted by molar-refractivity contribution is -0.137. The van der Waals surface area contributed by atoms with Crippen molar-refractivity contribution in [2.45, 2.75) is 51.0 Å². The average molecular weight is 425 g/mol. The van der Waals surface area contributed by atoms with E-state index in [2.05, 4.69) is 13.8 Å². The minimum Gasteiger partial charge on any atom is -0.465 e. The van der Waals surface area contributed by atoms with E-state index in [1.165, 1.54) is 23.5 Å². The van der Waals surface area contributed by atoms with E-state index in [-0.39, 0.29) is 41.4 Å². The van der Waals surface area contributed by atoms with Gasteiger partial charge in [0.1, 0.15) is 0 Å². The molecule has 0 aromatic heterocycles. The molecule has 1 aromatic rings. The number of amides is 1. The molecular formula is C21H32N2O5S. The molecule has 1 amide bonds. The molecule has 1 saturated heterocycles. The van der Waals surface area contributed by atoms with Crippen molar-refractivity contribution < 1.29 is 22.7 Å². The van der Waals surface area contributed by atoms with E-state index in [0.29, 0.717) is 18.8 Å². The first kappa shape index (κ1) is 23.3. The Kier molecular flexibility index (Phi) is 7.82. The SMILES string of the molecule is COC(=O)c1ccccc1S(=O)(=O)N1CCC(C(=O)N(C)C(C)CC(C)C)CC1. The summed E-state index contributed by atoms with van der Waals surface area (Å²) in [7, 11) is -0.795. The van der Waals surface area contributed by atoms with E-state index >= 15 is 0 Å². The maximum absolute atomic E-state index is 13.1. The van der Waals surface area contributed by atoms with Crippen LogP contribution >= 0.6 is 0 Å². The fraction of sp³-hybridized carbons (Fsp3) is 0.619. The van der Waals surface area contributed by atoms with Crippen molar-refractivity contribution in [1.82, 2.24) is 9.21 Å². The summed E-state index contributed by atoms with van der Waals surface area (Å²) in [6.07, 6.45) is 1.87. The summed E-state index contributed by atoms with van der Waals surface area (Å²) in [5, 5.41) is 0. The van der Waals surface area contributed by atoms with Crippen molar-refractivity contribution in [2.24, 2.45) is 11.8 Å². The summed E-state index contributed by atoms with van der Waals surface area (Å²) >= 11 is 0. The van der Waals surface area contributed by atoms with Gasteiger partial charge in [0.15, 0.2) is 0 Å². The van der Waals surface area contributed by atoms with Crippen LogP contribution in [-0.2, 0) is 19.6 Å². The molecule has 0 aliphatic carbocycles. The number of esters is 1. The molecule has 29 heavy (non-hydrogen) atoms. The van der Waals surface area contributed by atoms with Crippen LogP contribution in [0.3, 0.4) is 0 Å². The third-order valence-electron chi connectivity index (χ3n) is 5.53. The van der Waals surface area contributed by atoms with E-state index in [0.717, 1.165) is 6.42 Å². The molecule has 1 heterocycles. The van der Waals surface area contributed by atoms with Crippen molar-refractivity contribution in [3.63, 3.8) is 0 Å². The van der Waals surface area contributed by atoms with Crippen molar-refractivity contribution in [2.75, 3.05) is 27.2 Å². The number of carbonyl (C=O) groups excluding carboxylic acids is 2. The fourth-order valence-electron chi connectivity index (χ4n) is 3.80. The molecule has 2 rings (SSSR count). The molecule has 162 valence electrons. The number of hydrogen-bond donors (Lipinski definition) is 0. The van der Waals surface area contributed by atoms with Crippen molar-refractivity contribution in [3.8, 4) is 0 Å². The molecule has 1 fully saturated rings. The predicted molar refractivity (Wildman–Crippen MR) is 111 cm³/mol. The van der Waals surface area contributed by atoms with Gasteiger partial charge in [0.25, 0.3) is 0 Å². The molecule has 8 heteroatoms. The van der Waals surface area contributed by atoms with Crippen molar-refractivity contribution in [1.29, 1.82) is 0 Å². The van der Waals surface area contributed by atoms with Crippen LogP contribution in [-0.4, -0.2) is 62.8 Å². The normalized spacial score (nSPS) is 17.2. The Labute approximate surface area is 174 Å². The standard InChI is InChI=1S/C21H32N2O5S/c1-15(2)14-16(3)22(4)20(24)17-10-12-23(13-11-17)29(26,27)19-9-7-6-8-18(19)21(25)28-5/h6-9,15-17H,10-14H2,1-5H3. The first-order chi connectivity index (χ1) is 13.6. The van der Waals surface area contributed by atoms with Crippen LogP contribution in [0.2, 0.25) is 0 Å². The third-order valence-corrected chi connectivity index (χ3v) is 7.49. The maximum atomic E-state index is 13.1. The summed E-state index contributed by atoms with van der Waals surface area (Å²) in [5.41, 5.74) is 0.0236. The van der Waals surface area contributed by atoms with Crippen molar-refractivity contribution in [3.05, 3.63) is 29.8 Å². The maximum Gasteiger partial charge on any atom is 0.339 e. The van der Waals surface area contributed by atoms with Gasteiger partial charge in [-0.05, 0) is 44.2 Å². The van der Waals surface area contributed by atoms with E-state index in [1.807, 2.05) is 14.0 Å². The number of piperidine rings is 1. The number of ether oxygens (including phenoxy) is 1. The highest BCUT2D eigenvalue weighted by Gasteiger charge is 2.35. The first-order valence-electron chi connectivity index (χ1n) is 10.0. The topological polar surface area (TPSA) is 84.0 Å². The summed E-state index contributed by atoms with van der Waals surface area (Å²) in [6.45, 7) is 6.80. The second-order valence-electron chi connectivity index (χ2n) is 8.09. The smallest absolute Gasteiger partial charge is 0.339 e. The Morgan fingerprint density at radius 1 is 1.17 bits per heavy atom. The molecule has 1 aliphatic heterocycles. The van der Waals surface area contributed by atoms with Crippen LogP contribution < -0.4 is 0 Å². The van der Waals surface area contributed by atoms with Gasteiger partial charge in [-0.15, -0.1) is 0 Å². The molecule has 1 unspecified atom stereocenters.